The number of ether oxygens (including phenoxy) is 1. The van der Waals surface area contributed by atoms with Crippen molar-refractivity contribution in [3.8, 4) is 5.75 Å². The van der Waals surface area contributed by atoms with Gasteiger partial charge in [-0.15, -0.1) is 0 Å². The van der Waals surface area contributed by atoms with Crippen molar-refractivity contribution in [1.29, 1.82) is 0 Å². The highest BCUT2D eigenvalue weighted by atomic mass is 32.2. The van der Waals surface area contributed by atoms with Gasteiger partial charge >= 0.3 is 0 Å². The number of aryl methyl sites for hydroxylation is 2. The third kappa shape index (κ3) is 3.59. The van der Waals surface area contributed by atoms with Crippen LogP contribution < -0.4 is 9.46 Å². The van der Waals surface area contributed by atoms with Crippen LogP contribution in [0.5, 0.6) is 5.75 Å². The van der Waals surface area contributed by atoms with E-state index in [4.69, 9.17) is 4.74 Å². The molecule has 1 N–H and O–H groups in total. The third-order valence-electron chi connectivity index (χ3n) is 3.15. The average molecular weight is 306 g/mol. The summed E-state index contributed by atoms with van der Waals surface area (Å²) < 4.78 is 32.6. The first-order chi connectivity index (χ1) is 9.94. The molecule has 0 aliphatic heterocycles. The van der Waals surface area contributed by atoms with Gasteiger partial charge in [-0.3, -0.25) is 4.98 Å². The number of nitrogens with one attached hydrogen (secondary N) is 1. The van der Waals surface area contributed by atoms with Crippen molar-refractivity contribution in [3.63, 3.8) is 0 Å². The number of pyridine rings is 1. The molecule has 0 radical (unpaired) electrons. The topological polar surface area (TPSA) is 68.3 Å². The first-order valence-corrected chi connectivity index (χ1v) is 7.97. The van der Waals surface area contributed by atoms with E-state index in [1.54, 1.807) is 37.4 Å². The Morgan fingerprint density at radius 1 is 1.19 bits per heavy atom. The van der Waals surface area contributed by atoms with E-state index in [0.29, 0.717) is 17.0 Å². The SMILES string of the molecule is COc1cc(S(=O)(=O)NCc2ccccn2)c(C)cc1C. The molecule has 0 spiro atoms. The van der Waals surface area contributed by atoms with E-state index in [-0.39, 0.29) is 11.4 Å². The van der Waals surface area contributed by atoms with Crippen LogP contribution in [0, 0.1) is 13.8 Å². The zero-order valence-electron chi connectivity index (χ0n) is 12.3. The molecular formula is C15H18N2O3S. The van der Waals surface area contributed by atoms with Crippen LogP contribution >= 0.6 is 0 Å². The number of methoxy groups -OCH3 is 1. The Morgan fingerprint density at radius 3 is 2.57 bits per heavy atom. The van der Waals surface area contributed by atoms with Crippen LogP contribution in [-0.4, -0.2) is 20.5 Å². The van der Waals surface area contributed by atoms with E-state index in [1.165, 1.54) is 7.11 Å². The summed E-state index contributed by atoms with van der Waals surface area (Å²) in [6, 6.07) is 8.72. The minimum atomic E-state index is -3.61. The second-order valence-electron chi connectivity index (χ2n) is 4.73. The van der Waals surface area contributed by atoms with Crippen LogP contribution in [0.3, 0.4) is 0 Å². The number of nitrogens with zero attached hydrogens (tertiary/aromatic N) is 1. The first kappa shape index (κ1) is 15.5. The molecule has 6 heteroatoms. The Bertz CT molecular complexity index is 728. The number of hydrogen-bond donors (Lipinski definition) is 1. The highest BCUT2D eigenvalue weighted by Crippen LogP contribution is 2.25. The quantitative estimate of drug-likeness (QED) is 0.919. The number of hydrogen-bond acceptors (Lipinski definition) is 4. The molecule has 2 rings (SSSR count). The minimum absolute atomic E-state index is 0.152. The van der Waals surface area contributed by atoms with Gasteiger partial charge in [0.1, 0.15) is 5.75 Å². The minimum Gasteiger partial charge on any atom is -0.496 e. The molecule has 0 saturated heterocycles. The summed E-state index contributed by atoms with van der Waals surface area (Å²) in [5.74, 6) is 0.554. The molecule has 0 aliphatic carbocycles. The van der Waals surface area contributed by atoms with Gasteiger partial charge in [0.2, 0.25) is 10.0 Å². The predicted molar refractivity (Wildman–Crippen MR) is 80.7 cm³/mol. The number of sulfonamides is 1. The zero-order valence-corrected chi connectivity index (χ0v) is 13.1. The van der Waals surface area contributed by atoms with Crippen molar-refractivity contribution in [2.45, 2.75) is 25.3 Å². The van der Waals surface area contributed by atoms with Gasteiger partial charge in [-0.05, 0) is 37.1 Å². The largest absolute Gasteiger partial charge is 0.496 e. The summed E-state index contributed by atoms with van der Waals surface area (Å²) >= 11 is 0. The third-order valence-corrected chi connectivity index (χ3v) is 4.69. The van der Waals surface area contributed by atoms with Crippen molar-refractivity contribution < 1.29 is 13.2 Å². The highest BCUT2D eigenvalue weighted by Gasteiger charge is 2.18. The summed E-state index contributed by atoms with van der Waals surface area (Å²) in [6.07, 6.45) is 1.63. The Hall–Kier alpha value is -1.92. The molecule has 0 bridgehead atoms. The fraction of sp³-hybridized carbons (Fsp3) is 0.267. The monoisotopic (exact) mass is 306 g/mol. The summed E-state index contributed by atoms with van der Waals surface area (Å²) in [5, 5.41) is 0. The number of aromatic nitrogens is 1. The van der Waals surface area contributed by atoms with E-state index in [0.717, 1.165) is 5.56 Å². The molecule has 0 amide bonds. The molecule has 0 unspecified atom stereocenters. The molecule has 0 fully saturated rings. The zero-order chi connectivity index (χ0) is 15.5. The normalized spacial score (nSPS) is 11.4. The second kappa shape index (κ2) is 6.24. The van der Waals surface area contributed by atoms with Crippen molar-refractivity contribution in [2.24, 2.45) is 0 Å². The van der Waals surface area contributed by atoms with Gasteiger partial charge in [0, 0.05) is 12.3 Å². The molecule has 2 aromatic rings. The lowest BCUT2D eigenvalue weighted by atomic mass is 10.1. The standard InChI is InChI=1S/C15H18N2O3S/c1-11-8-12(2)15(9-14(11)20-3)21(18,19)17-10-13-6-4-5-7-16-13/h4-9,17H,10H2,1-3H3. The molecule has 5 nitrogen and oxygen atoms in total. The van der Waals surface area contributed by atoms with Gasteiger partial charge < -0.3 is 4.74 Å². The number of rotatable bonds is 5. The maximum atomic E-state index is 12.4. The van der Waals surface area contributed by atoms with Crippen molar-refractivity contribution in [2.75, 3.05) is 7.11 Å². The van der Waals surface area contributed by atoms with Crippen LogP contribution in [0.25, 0.3) is 0 Å². The Labute approximate surface area is 125 Å². The van der Waals surface area contributed by atoms with E-state index >= 15 is 0 Å². The second-order valence-corrected chi connectivity index (χ2v) is 6.47. The van der Waals surface area contributed by atoms with Crippen LogP contribution in [-0.2, 0) is 16.6 Å². The van der Waals surface area contributed by atoms with Crippen LogP contribution in [0.15, 0.2) is 41.4 Å². The van der Waals surface area contributed by atoms with Gasteiger partial charge in [-0.2, -0.15) is 0 Å². The smallest absolute Gasteiger partial charge is 0.241 e. The molecule has 0 saturated carbocycles. The fourth-order valence-electron chi connectivity index (χ4n) is 2.07. The van der Waals surface area contributed by atoms with E-state index in [1.807, 2.05) is 13.0 Å². The highest BCUT2D eigenvalue weighted by molar-refractivity contribution is 7.89. The van der Waals surface area contributed by atoms with Gasteiger partial charge in [-0.25, -0.2) is 13.1 Å². The summed E-state index contributed by atoms with van der Waals surface area (Å²) in [7, 11) is -2.09. The van der Waals surface area contributed by atoms with E-state index in [9.17, 15) is 8.42 Å². The number of benzene rings is 1. The van der Waals surface area contributed by atoms with Gasteiger partial charge in [0.05, 0.1) is 24.2 Å². The van der Waals surface area contributed by atoms with Gasteiger partial charge in [-0.1, -0.05) is 12.1 Å². The Kier molecular flexibility index (Phi) is 4.59. The lowest BCUT2D eigenvalue weighted by Gasteiger charge is -2.12. The van der Waals surface area contributed by atoms with Crippen LogP contribution in [0.2, 0.25) is 0 Å². The fourth-order valence-corrected chi connectivity index (χ4v) is 3.31. The molecule has 1 heterocycles. The lowest BCUT2D eigenvalue weighted by Crippen LogP contribution is -2.24. The Balaban J connectivity index is 2.27. The summed E-state index contributed by atoms with van der Waals surface area (Å²) in [5.41, 5.74) is 2.25. The molecule has 0 aliphatic rings. The van der Waals surface area contributed by atoms with Crippen molar-refractivity contribution in [3.05, 3.63) is 53.3 Å². The van der Waals surface area contributed by atoms with E-state index < -0.39 is 10.0 Å². The molecular weight excluding hydrogens is 288 g/mol. The lowest BCUT2D eigenvalue weighted by molar-refractivity contribution is 0.410. The molecule has 112 valence electrons. The average Bonchev–Trinajstić information content (AvgIpc) is 2.46. The maximum absolute atomic E-state index is 12.4. The Morgan fingerprint density at radius 2 is 1.95 bits per heavy atom. The maximum Gasteiger partial charge on any atom is 0.241 e. The van der Waals surface area contributed by atoms with Crippen molar-refractivity contribution >= 4 is 10.0 Å². The van der Waals surface area contributed by atoms with Gasteiger partial charge in [0.25, 0.3) is 0 Å². The molecule has 0 atom stereocenters. The summed E-state index contributed by atoms with van der Waals surface area (Å²) in [4.78, 5) is 4.32. The predicted octanol–water partition coefficient (Wildman–Crippen LogP) is 2.19. The van der Waals surface area contributed by atoms with Crippen LogP contribution in [0.1, 0.15) is 16.8 Å². The van der Waals surface area contributed by atoms with Crippen molar-refractivity contribution in [1.82, 2.24) is 9.71 Å². The molecule has 21 heavy (non-hydrogen) atoms. The van der Waals surface area contributed by atoms with Crippen LogP contribution in [0.4, 0.5) is 0 Å². The molecule has 1 aromatic carbocycles. The first-order valence-electron chi connectivity index (χ1n) is 6.49. The molecule has 1 aromatic heterocycles. The summed E-state index contributed by atoms with van der Waals surface area (Å²) in [6.45, 7) is 3.80. The van der Waals surface area contributed by atoms with E-state index in [2.05, 4.69) is 9.71 Å². The van der Waals surface area contributed by atoms with Gasteiger partial charge in [0.15, 0.2) is 0 Å².